The smallest absolute Gasteiger partial charge is 0.225 e. The molecule has 1 aliphatic rings. The van der Waals surface area contributed by atoms with Crippen LogP contribution in [0, 0.1) is 19.8 Å². The van der Waals surface area contributed by atoms with Crippen LogP contribution in [-0.2, 0) is 4.74 Å². The molecule has 11 heteroatoms. The third kappa shape index (κ3) is 5.20. The minimum Gasteiger partial charge on any atom is -0.396 e. The van der Waals surface area contributed by atoms with Gasteiger partial charge in [-0.2, -0.15) is 4.98 Å². The molecule has 1 aliphatic carbocycles. The number of aromatic nitrogens is 4. The molecule has 0 bridgehead atoms. The van der Waals surface area contributed by atoms with Crippen molar-refractivity contribution >= 4 is 33.3 Å². The van der Waals surface area contributed by atoms with Gasteiger partial charge in [0.1, 0.15) is 22.4 Å². The van der Waals surface area contributed by atoms with E-state index < -0.39 is 24.2 Å². The lowest BCUT2D eigenvalue weighted by Crippen LogP contribution is -2.35. The van der Waals surface area contributed by atoms with Gasteiger partial charge in [-0.05, 0) is 31.9 Å². The van der Waals surface area contributed by atoms with Crippen LogP contribution in [0.2, 0.25) is 0 Å². The third-order valence-corrected chi connectivity index (χ3v) is 8.03. The monoisotopic (exact) mass is 536 g/mol. The number of thiazole rings is 1. The van der Waals surface area contributed by atoms with Crippen LogP contribution in [0.1, 0.15) is 29.4 Å². The Balaban J connectivity index is 1.56. The molecule has 0 radical (unpaired) electrons. The summed E-state index contributed by atoms with van der Waals surface area (Å²) in [4.78, 5) is 18.8. The second kappa shape index (κ2) is 11.3. The first-order valence-electron chi connectivity index (χ1n) is 12.5. The fraction of sp³-hybridized carbons (Fsp3) is 0.407. The topological polar surface area (TPSA) is 146 Å². The zero-order valence-electron chi connectivity index (χ0n) is 21.5. The molecule has 4 aromatic rings. The predicted octanol–water partition coefficient (Wildman–Crippen LogP) is 3.08. The molecule has 3 aromatic heterocycles. The molecule has 5 unspecified atom stereocenters. The fourth-order valence-corrected chi connectivity index (χ4v) is 6.05. The van der Waals surface area contributed by atoms with Gasteiger partial charge < -0.3 is 30.7 Å². The Hall–Kier alpha value is -3.22. The van der Waals surface area contributed by atoms with E-state index in [4.69, 9.17) is 19.7 Å². The molecule has 5 atom stereocenters. The maximum absolute atomic E-state index is 10.7. The average molecular weight is 537 g/mol. The highest BCUT2D eigenvalue weighted by Gasteiger charge is 2.41. The number of nitrogens with one attached hydrogen (secondary N) is 2. The first kappa shape index (κ1) is 26.4. The van der Waals surface area contributed by atoms with Crippen molar-refractivity contribution in [2.45, 2.75) is 44.6 Å². The number of fused-ring (bicyclic) bond motifs is 1. The number of hydrogen-bond acceptors (Lipinski definition) is 11. The molecule has 0 amide bonds. The quantitative estimate of drug-likeness (QED) is 0.216. The molecule has 200 valence electrons. The van der Waals surface area contributed by atoms with E-state index in [0.29, 0.717) is 36.1 Å². The van der Waals surface area contributed by atoms with Crippen molar-refractivity contribution in [3.05, 3.63) is 59.5 Å². The maximum atomic E-state index is 10.7. The summed E-state index contributed by atoms with van der Waals surface area (Å²) in [5, 5.41) is 38.2. The van der Waals surface area contributed by atoms with Crippen LogP contribution in [0.25, 0.3) is 20.8 Å². The number of ether oxygens (including phenoxy) is 1. The first-order valence-corrected chi connectivity index (χ1v) is 13.4. The number of methoxy groups -OCH3 is 1. The zero-order valence-corrected chi connectivity index (χ0v) is 22.3. The van der Waals surface area contributed by atoms with Crippen molar-refractivity contribution in [1.29, 1.82) is 0 Å². The number of hydrogen-bond donors (Lipinski definition) is 5. The van der Waals surface area contributed by atoms with Crippen molar-refractivity contribution < 1.29 is 20.1 Å². The van der Waals surface area contributed by atoms with Crippen LogP contribution in [0.5, 0.6) is 0 Å². The molecule has 5 rings (SSSR count). The number of benzene rings is 1. The predicted molar refractivity (Wildman–Crippen MR) is 147 cm³/mol. The molecular weight excluding hydrogens is 504 g/mol. The number of anilines is 2. The first-order chi connectivity index (χ1) is 18.4. The van der Waals surface area contributed by atoms with E-state index in [-0.39, 0.29) is 12.6 Å². The molecule has 5 N–H and O–H groups in total. The molecular formula is C27H32N6O4S. The lowest BCUT2D eigenvalue weighted by molar-refractivity contribution is 0.00446. The van der Waals surface area contributed by atoms with Crippen molar-refractivity contribution in [3.8, 4) is 10.6 Å². The summed E-state index contributed by atoms with van der Waals surface area (Å²) < 4.78 is 6.46. The second-order valence-electron chi connectivity index (χ2n) is 9.59. The summed E-state index contributed by atoms with van der Waals surface area (Å²) in [6.45, 7) is 4.02. The minimum absolute atomic E-state index is 0.187. The van der Waals surface area contributed by atoms with Gasteiger partial charge in [-0.15, -0.1) is 11.3 Å². The van der Waals surface area contributed by atoms with Crippen LogP contribution >= 0.6 is 11.3 Å². The van der Waals surface area contributed by atoms with Crippen LogP contribution in [0.15, 0.2) is 42.6 Å². The van der Waals surface area contributed by atoms with Crippen LogP contribution in [-0.4, -0.2) is 73.8 Å². The van der Waals surface area contributed by atoms with E-state index in [0.717, 1.165) is 26.5 Å². The Morgan fingerprint density at radius 3 is 2.53 bits per heavy atom. The third-order valence-electron chi connectivity index (χ3n) is 6.99. The van der Waals surface area contributed by atoms with E-state index in [1.165, 1.54) is 11.3 Å². The van der Waals surface area contributed by atoms with Gasteiger partial charge in [-0.1, -0.05) is 30.3 Å². The van der Waals surface area contributed by atoms with Gasteiger partial charge in [0.25, 0.3) is 0 Å². The summed E-state index contributed by atoms with van der Waals surface area (Å²) in [5.74, 6) is 0.459. The average Bonchev–Trinajstić information content (AvgIpc) is 3.46. The van der Waals surface area contributed by atoms with Crippen LogP contribution in [0.4, 0.5) is 11.8 Å². The van der Waals surface area contributed by atoms with Gasteiger partial charge in [0.15, 0.2) is 0 Å². The highest BCUT2D eigenvalue weighted by atomic mass is 32.1. The SMILES string of the molecule is COCC(Nc1nc(C)c(-c2nc3c(C)nccc3s2)c(NC2CC(CO)C(O)C2O)n1)c1ccccc1. The lowest BCUT2D eigenvalue weighted by Gasteiger charge is -2.23. The van der Waals surface area contributed by atoms with Crippen molar-refractivity contribution in [1.82, 2.24) is 19.9 Å². The molecule has 0 aliphatic heterocycles. The van der Waals surface area contributed by atoms with Crippen molar-refractivity contribution in [3.63, 3.8) is 0 Å². The Bertz CT molecular complexity index is 1400. The molecule has 1 fully saturated rings. The number of nitrogens with zero attached hydrogens (tertiary/aromatic N) is 4. The van der Waals surface area contributed by atoms with E-state index in [1.54, 1.807) is 13.3 Å². The van der Waals surface area contributed by atoms with Gasteiger partial charge in [0.05, 0.1) is 46.4 Å². The molecule has 0 saturated heterocycles. The summed E-state index contributed by atoms with van der Waals surface area (Å²) >= 11 is 1.52. The standard InChI is InChI=1S/C27H32N6O4S/c1-14-21(26-32-22-15(2)28-10-9-20(22)38-26)25(30-18-11-17(12-34)23(35)24(18)36)33-27(29-14)31-19(13-37-3)16-7-5-4-6-8-16/h4-10,17-19,23-24,34-36H,11-13H2,1-3H3,(H2,29,30,31,33). The number of rotatable bonds is 9. The number of aliphatic hydroxyl groups is 3. The molecule has 10 nitrogen and oxygen atoms in total. The van der Waals surface area contributed by atoms with E-state index in [2.05, 4.69) is 15.6 Å². The van der Waals surface area contributed by atoms with Gasteiger partial charge in [-0.25, -0.2) is 9.97 Å². The molecule has 0 spiro atoms. The van der Waals surface area contributed by atoms with E-state index in [1.807, 2.05) is 50.2 Å². The zero-order chi connectivity index (χ0) is 26.8. The molecule has 1 aromatic carbocycles. The number of aryl methyl sites for hydroxylation is 2. The number of aliphatic hydroxyl groups excluding tert-OH is 3. The summed E-state index contributed by atoms with van der Waals surface area (Å²) in [7, 11) is 1.65. The van der Waals surface area contributed by atoms with E-state index >= 15 is 0 Å². The second-order valence-corrected chi connectivity index (χ2v) is 10.6. The highest BCUT2D eigenvalue weighted by Crippen LogP contribution is 2.38. The molecule has 38 heavy (non-hydrogen) atoms. The van der Waals surface area contributed by atoms with Crippen LogP contribution < -0.4 is 10.6 Å². The van der Waals surface area contributed by atoms with Gasteiger partial charge in [0, 0.05) is 25.8 Å². The number of pyridine rings is 1. The summed E-state index contributed by atoms with van der Waals surface area (Å²) in [6.07, 6.45) is 0.0735. The fourth-order valence-electron chi connectivity index (χ4n) is 4.94. The molecule has 3 heterocycles. The van der Waals surface area contributed by atoms with Crippen LogP contribution in [0.3, 0.4) is 0 Å². The maximum Gasteiger partial charge on any atom is 0.225 e. The van der Waals surface area contributed by atoms with E-state index in [9.17, 15) is 15.3 Å². The van der Waals surface area contributed by atoms with Gasteiger partial charge in [-0.3, -0.25) is 4.98 Å². The Morgan fingerprint density at radius 2 is 1.84 bits per heavy atom. The Kier molecular flexibility index (Phi) is 7.82. The van der Waals surface area contributed by atoms with Gasteiger partial charge >= 0.3 is 0 Å². The highest BCUT2D eigenvalue weighted by molar-refractivity contribution is 7.21. The van der Waals surface area contributed by atoms with Gasteiger partial charge in [0.2, 0.25) is 5.95 Å². The largest absolute Gasteiger partial charge is 0.396 e. The van der Waals surface area contributed by atoms with Crippen molar-refractivity contribution in [2.24, 2.45) is 5.92 Å². The normalized spacial score (nSPS) is 22.1. The van der Waals surface area contributed by atoms with Crippen molar-refractivity contribution in [2.75, 3.05) is 31.0 Å². The lowest BCUT2D eigenvalue weighted by atomic mass is 10.1. The summed E-state index contributed by atoms with van der Waals surface area (Å²) in [6, 6.07) is 11.2. The molecule has 1 saturated carbocycles. The Labute approximate surface area is 224 Å². The minimum atomic E-state index is -1.06. The Morgan fingerprint density at radius 1 is 1.05 bits per heavy atom. The summed E-state index contributed by atoms with van der Waals surface area (Å²) in [5.41, 5.74) is 4.10.